The molecule has 0 unspecified atom stereocenters. The Morgan fingerprint density at radius 1 is 1.35 bits per heavy atom. The van der Waals surface area contributed by atoms with Gasteiger partial charge in [-0.3, -0.25) is 0 Å². The molecule has 0 bridgehead atoms. The fourth-order valence-corrected chi connectivity index (χ4v) is 1.87. The van der Waals surface area contributed by atoms with Crippen LogP contribution in [0, 0.1) is 0 Å². The van der Waals surface area contributed by atoms with Crippen LogP contribution in [-0.2, 0) is 4.74 Å². The molecule has 0 aliphatic carbocycles. The lowest BCUT2D eigenvalue weighted by Crippen LogP contribution is -2.09. The first-order valence-electron chi connectivity index (χ1n) is 5.87. The molecule has 0 spiro atoms. The second kappa shape index (κ2) is 7.33. The highest BCUT2D eigenvalue weighted by atomic mass is 79.9. The molecule has 0 amide bonds. The average molecular weight is 300 g/mol. The number of hydrogen-bond acceptors (Lipinski definition) is 3. The molecule has 4 heteroatoms. The summed E-state index contributed by atoms with van der Waals surface area (Å²) >= 11 is 3.29. The van der Waals surface area contributed by atoms with Crippen LogP contribution in [0.4, 0.5) is 5.69 Å². The third kappa shape index (κ3) is 4.77. The van der Waals surface area contributed by atoms with Crippen molar-refractivity contribution in [1.82, 2.24) is 0 Å². The Morgan fingerprint density at radius 2 is 2.12 bits per heavy atom. The molecule has 0 aromatic heterocycles. The van der Waals surface area contributed by atoms with Crippen LogP contribution in [0.3, 0.4) is 0 Å². The van der Waals surface area contributed by atoms with Gasteiger partial charge >= 0.3 is 5.97 Å². The summed E-state index contributed by atoms with van der Waals surface area (Å²) in [6.45, 7) is 2.61. The van der Waals surface area contributed by atoms with E-state index in [2.05, 4.69) is 22.9 Å². The summed E-state index contributed by atoms with van der Waals surface area (Å²) in [6.07, 6.45) is 4.36. The van der Waals surface area contributed by atoms with Gasteiger partial charge in [0, 0.05) is 10.2 Å². The topological polar surface area (TPSA) is 52.3 Å². The van der Waals surface area contributed by atoms with Gasteiger partial charge in [-0.1, -0.05) is 42.1 Å². The van der Waals surface area contributed by atoms with Crippen LogP contribution in [-0.4, -0.2) is 12.6 Å². The second-order valence-electron chi connectivity index (χ2n) is 3.93. The lowest BCUT2D eigenvalue weighted by atomic mass is 10.2. The third-order valence-electron chi connectivity index (χ3n) is 2.46. The Hall–Kier alpha value is -1.03. The predicted octanol–water partition coefficient (Wildman–Crippen LogP) is 3.77. The number of unbranched alkanes of at least 4 members (excludes halogenated alkanes) is 3. The molecule has 94 valence electrons. The normalized spacial score (nSPS) is 10.2. The number of rotatable bonds is 6. The molecule has 0 atom stereocenters. The lowest BCUT2D eigenvalue weighted by molar-refractivity contribution is 0.0499. The van der Waals surface area contributed by atoms with Crippen molar-refractivity contribution in [2.24, 2.45) is 0 Å². The molecule has 1 aromatic carbocycles. The molecule has 0 saturated carbocycles. The van der Waals surface area contributed by atoms with Gasteiger partial charge in [-0.2, -0.15) is 0 Å². The number of anilines is 1. The number of nitrogens with two attached hydrogens (primary N) is 1. The van der Waals surface area contributed by atoms with E-state index in [1.807, 2.05) is 0 Å². The summed E-state index contributed by atoms with van der Waals surface area (Å²) in [6, 6.07) is 5.16. The van der Waals surface area contributed by atoms with Crippen LogP contribution in [0.2, 0.25) is 0 Å². The number of carbonyl (C=O) groups excluding carboxylic acids is 1. The van der Waals surface area contributed by atoms with Crippen LogP contribution >= 0.6 is 15.9 Å². The molecule has 0 aliphatic heterocycles. The minimum atomic E-state index is -0.341. The molecule has 2 N–H and O–H groups in total. The van der Waals surface area contributed by atoms with Crippen LogP contribution in [0.15, 0.2) is 22.7 Å². The summed E-state index contributed by atoms with van der Waals surface area (Å²) in [5, 5.41) is 0. The van der Waals surface area contributed by atoms with Gasteiger partial charge < -0.3 is 10.5 Å². The largest absolute Gasteiger partial charge is 0.462 e. The van der Waals surface area contributed by atoms with E-state index < -0.39 is 0 Å². The molecule has 1 aromatic rings. The number of nitrogen functional groups attached to an aromatic ring is 1. The monoisotopic (exact) mass is 299 g/mol. The van der Waals surface area contributed by atoms with Gasteiger partial charge in [-0.25, -0.2) is 4.79 Å². The second-order valence-corrected chi connectivity index (χ2v) is 4.84. The predicted molar refractivity (Wildman–Crippen MR) is 73.0 cm³/mol. The third-order valence-corrected chi connectivity index (χ3v) is 2.96. The molecule has 1 rings (SSSR count). The molecule has 0 fully saturated rings. The highest BCUT2D eigenvalue weighted by molar-refractivity contribution is 9.10. The first kappa shape index (κ1) is 14.0. The summed E-state index contributed by atoms with van der Waals surface area (Å²) in [4.78, 5) is 11.7. The zero-order chi connectivity index (χ0) is 12.7. The zero-order valence-corrected chi connectivity index (χ0v) is 11.6. The Kier molecular flexibility index (Phi) is 6.05. The Labute approximate surface area is 110 Å². The van der Waals surface area contributed by atoms with Crippen molar-refractivity contribution in [3.05, 3.63) is 28.2 Å². The SMILES string of the molecule is CCCCCCOC(=O)c1ccc(Br)cc1N. The lowest BCUT2D eigenvalue weighted by Gasteiger charge is -2.07. The first-order valence-corrected chi connectivity index (χ1v) is 6.66. The smallest absolute Gasteiger partial charge is 0.340 e. The molecule has 0 heterocycles. The van der Waals surface area contributed by atoms with E-state index in [0.29, 0.717) is 17.9 Å². The van der Waals surface area contributed by atoms with Crippen molar-refractivity contribution in [1.29, 1.82) is 0 Å². The zero-order valence-electron chi connectivity index (χ0n) is 10.0. The standard InChI is InChI=1S/C13H18BrNO2/c1-2-3-4-5-8-17-13(16)11-7-6-10(14)9-12(11)15/h6-7,9H,2-5,8,15H2,1H3. The highest BCUT2D eigenvalue weighted by Crippen LogP contribution is 2.19. The minimum Gasteiger partial charge on any atom is -0.462 e. The van der Waals surface area contributed by atoms with Crippen molar-refractivity contribution in [2.75, 3.05) is 12.3 Å². The molecular weight excluding hydrogens is 282 g/mol. The van der Waals surface area contributed by atoms with E-state index in [9.17, 15) is 4.79 Å². The van der Waals surface area contributed by atoms with Gasteiger partial charge in [0.15, 0.2) is 0 Å². The summed E-state index contributed by atoms with van der Waals surface area (Å²) < 4.78 is 6.02. The van der Waals surface area contributed by atoms with Gasteiger partial charge in [0.2, 0.25) is 0 Å². The van der Waals surface area contributed by atoms with Crippen molar-refractivity contribution in [3.8, 4) is 0 Å². The Bertz CT molecular complexity index is 380. The van der Waals surface area contributed by atoms with Gasteiger partial charge in [0.25, 0.3) is 0 Å². The first-order chi connectivity index (χ1) is 8.15. The fraction of sp³-hybridized carbons (Fsp3) is 0.462. The van der Waals surface area contributed by atoms with Crippen LogP contribution in [0.5, 0.6) is 0 Å². The minimum absolute atomic E-state index is 0.341. The Morgan fingerprint density at radius 3 is 2.76 bits per heavy atom. The van der Waals surface area contributed by atoms with Crippen molar-refractivity contribution in [3.63, 3.8) is 0 Å². The van der Waals surface area contributed by atoms with Crippen molar-refractivity contribution < 1.29 is 9.53 Å². The molecule has 0 aliphatic rings. The number of benzene rings is 1. The number of esters is 1. The van der Waals surface area contributed by atoms with Crippen LogP contribution in [0.25, 0.3) is 0 Å². The quantitative estimate of drug-likeness (QED) is 0.494. The summed E-state index contributed by atoms with van der Waals surface area (Å²) in [5.41, 5.74) is 6.62. The van der Waals surface area contributed by atoms with Gasteiger partial charge in [0.05, 0.1) is 12.2 Å². The van der Waals surface area contributed by atoms with E-state index in [4.69, 9.17) is 10.5 Å². The van der Waals surface area contributed by atoms with Gasteiger partial charge in [0.1, 0.15) is 0 Å². The maximum absolute atomic E-state index is 11.7. The molecule has 17 heavy (non-hydrogen) atoms. The summed E-state index contributed by atoms with van der Waals surface area (Å²) in [5.74, 6) is -0.341. The molecule has 3 nitrogen and oxygen atoms in total. The van der Waals surface area contributed by atoms with E-state index in [0.717, 1.165) is 17.3 Å². The number of hydrogen-bond donors (Lipinski definition) is 1. The van der Waals surface area contributed by atoms with E-state index in [1.54, 1.807) is 18.2 Å². The van der Waals surface area contributed by atoms with E-state index in [-0.39, 0.29) is 5.97 Å². The molecular formula is C13H18BrNO2. The van der Waals surface area contributed by atoms with Crippen LogP contribution < -0.4 is 5.73 Å². The van der Waals surface area contributed by atoms with Gasteiger partial charge in [-0.05, 0) is 24.6 Å². The molecule has 0 saturated heterocycles. The average Bonchev–Trinajstić information content (AvgIpc) is 2.28. The Balaban J connectivity index is 2.42. The number of ether oxygens (including phenoxy) is 1. The number of halogens is 1. The van der Waals surface area contributed by atoms with E-state index in [1.165, 1.54) is 12.8 Å². The fourth-order valence-electron chi connectivity index (χ4n) is 1.49. The molecule has 0 radical (unpaired) electrons. The summed E-state index contributed by atoms with van der Waals surface area (Å²) in [7, 11) is 0. The maximum Gasteiger partial charge on any atom is 0.340 e. The van der Waals surface area contributed by atoms with Crippen molar-refractivity contribution in [2.45, 2.75) is 32.6 Å². The highest BCUT2D eigenvalue weighted by Gasteiger charge is 2.10. The van der Waals surface area contributed by atoms with Gasteiger partial charge in [-0.15, -0.1) is 0 Å². The van der Waals surface area contributed by atoms with Crippen LogP contribution in [0.1, 0.15) is 43.0 Å². The number of carbonyl (C=O) groups is 1. The van der Waals surface area contributed by atoms with Crippen molar-refractivity contribution >= 4 is 27.6 Å². The van der Waals surface area contributed by atoms with E-state index >= 15 is 0 Å². The maximum atomic E-state index is 11.7.